The normalized spacial score (nSPS) is 41.8. The molecule has 3 fully saturated rings. The molecule has 3 aliphatic rings. The first-order valence-electron chi connectivity index (χ1n) is 9.74. The van der Waals surface area contributed by atoms with Crippen molar-refractivity contribution in [2.24, 2.45) is 16.7 Å². The zero-order valence-electron chi connectivity index (χ0n) is 15.7. The molecule has 5 atom stereocenters. The standard InChI is InChI=1S/C20H33NO2Se/c1-13(22)21-15-9-7-5-6-8-10-16(15)24-17-14-11-12-20(4,18(17)23)19(14,2)3/h14-17H,5-12H2,1-4H3,(H,21,22)/t14-,15?,16?,17+,20+/m1/s1. The van der Waals surface area contributed by atoms with Crippen LogP contribution in [0.3, 0.4) is 0 Å². The number of fused-ring (bicyclic) bond motifs is 2. The molecule has 0 heterocycles. The summed E-state index contributed by atoms with van der Waals surface area (Å²) in [5, 5.41) is 3.23. The number of hydrogen-bond donors (Lipinski definition) is 1. The molecule has 3 nitrogen and oxygen atoms in total. The molecule has 0 aromatic rings. The molecule has 0 aliphatic heterocycles. The number of nitrogens with one attached hydrogen (secondary N) is 1. The summed E-state index contributed by atoms with van der Waals surface area (Å²) in [7, 11) is 0. The Kier molecular flexibility index (Phi) is 5.20. The zero-order chi connectivity index (χ0) is 17.5. The van der Waals surface area contributed by atoms with Crippen LogP contribution in [0.5, 0.6) is 0 Å². The first kappa shape index (κ1) is 18.5. The van der Waals surface area contributed by atoms with Crippen LogP contribution in [0.1, 0.15) is 79.1 Å². The number of carbonyl (C=O) groups is 2. The van der Waals surface area contributed by atoms with E-state index in [9.17, 15) is 9.59 Å². The molecule has 3 rings (SSSR count). The monoisotopic (exact) mass is 399 g/mol. The second kappa shape index (κ2) is 6.76. The van der Waals surface area contributed by atoms with E-state index in [1.807, 2.05) is 0 Å². The van der Waals surface area contributed by atoms with E-state index in [-0.39, 0.29) is 21.6 Å². The van der Waals surface area contributed by atoms with E-state index in [2.05, 4.69) is 26.1 Å². The van der Waals surface area contributed by atoms with Gasteiger partial charge in [-0.05, 0) is 0 Å². The predicted octanol–water partition coefficient (Wildman–Crippen LogP) is 4.15. The van der Waals surface area contributed by atoms with Crippen LogP contribution in [-0.4, -0.2) is 32.7 Å². The summed E-state index contributed by atoms with van der Waals surface area (Å²) in [5.41, 5.74) is 0.0524. The van der Waals surface area contributed by atoms with Crippen molar-refractivity contribution in [2.75, 3.05) is 0 Å². The number of ketones is 1. The third-order valence-corrected chi connectivity index (χ3v) is 11.1. The van der Waals surface area contributed by atoms with E-state index in [0.717, 1.165) is 12.8 Å². The first-order chi connectivity index (χ1) is 11.3. The fraction of sp³-hybridized carbons (Fsp3) is 0.900. The molecule has 0 saturated heterocycles. The van der Waals surface area contributed by atoms with Gasteiger partial charge in [-0.25, -0.2) is 0 Å². The van der Waals surface area contributed by atoms with E-state index in [1.54, 1.807) is 6.92 Å². The Labute approximate surface area is 153 Å². The average molecular weight is 398 g/mol. The van der Waals surface area contributed by atoms with Gasteiger partial charge in [0.2, 0.25) is 0 Å². The van der Waals surface area contributed by atoms with Crippen LogP contribution in [0.25, 0.3) is 0 Å². The van der Waals surface area contributed by atoms with Crippen molar-refractivity contribution in [2.45, 2.75) is 94.7 Å². The van der Waals surface area contributed by atoms with Crippen LogP contribution in [0.2, 0.25) is 9.63 Å². The summed E-state index contributed by atoms with van der Waals surface area (Å²) in [6.07, 6.45) is 9.65. The Hall–Kier alpha value is -0.341. The van der Waals surface area contributed by atoms with Gasteiger partial charge in [0.25, 0.3) is 0 Å². The van der Waals surface area contributed by atoms with Gasteiger partial charge in [-0.2, -0.15) is 0 Å². The zero-order valence-corrected chi connectivity index (χ0v) is 17.4. The van der Waals surface area contributed by atoms with Gasteiger partial charge < -0.3 is 0 Å². The summed E-state index contributed by atoms with van der Waals surface area (Å²) in [6, 6.07) is 0.297. The van der Waals surface area contributed by atoms with Crippen LogP contribution in [-0.2, 0) is 9.59 Å². The van der Waals surface area contributed by atoms with Crippen LogP contribution in [0.15, 0.2) is 0 Å². The summed E-state index contributed by atoms with van der Waals surface area (Å²) < 4.78 is 0. The summed E-state index contributed by atoms with van der Waals surface area (Å²) >= 11 is 0.307. The molecule has 0 aromatic carbocycles. The topological polar surface area (TPSA) is 46.2 Å². The molecule has 0 spiro atoms. The molecular weight excluding hydrogens is 365 g/mol. The summed E-state index contributed by atoms with van der Waals surface area (Å²) in [6.45, 7) is 8.49. The molecule has 0 radical (unpaired) electrons. The minimum absolute atomic E-state index is 0.0907. The van der Waals surface area contributed by atoms with Gasteiger partial charge in [-0.15, -0.1) is 0 Å². The molecule has 0 aromatic heterocycles. The summed E-state index contributed by atoms with van der Waals surface area (Å²) in [5.74, 6) is 1.21. The van der Waals surface area contributed by atoms with Crippen molar-refractivity contribution in [1.82, 2.24) is 5.32 Å². The second-order valence-electron chi connectivity index (χ2n) is 8.96. The molecule has 2 unspecified atom stereocenters. The molecule has 1 amide bonds. The molecule has 4 heteroatoms. The molecular formula is C20H33NO2Se. The van der Waals surface area contributed by atoms with Crippen LogP contribution >= 0.6 is 0 Å². The quantitative estimate of drug-likeness (QED) is 0.726. The van der Waals surface area contributed by atoms with E-state index < -0.39 is 0 Å². The second-order valence-corrected chi connectivity index (χ2v) is 11.9. The van der Waals surface area contributed by atoms with Crippen molar-refractivity contribution in [3.8, 4) is 0 Å². The molecule has 3 saturated carbocycles. The van der Waals surface area contributed by atoms with Gasteiger partial charge in [0, 0.05) is 0 Å². The Balaban J connectivity index is 1.77. The van der Waals surface area contributed by atoms with E-state index in [1.165, 1.54) is 38.5 Å². The van der Waals surface area contributed by atoms with Crippen molar-refractivity contribution < 1.29 is 9.59 Å². The predicted molar refractivity (Wildman–Crippen MR) is 98.2 cm³/mol. The minimum atomic E-state index is -0.102. The third-order valence-electron chi connectivity index (χ3n) is 7.38. The van der Waals surface area contributed by atoms with Gasteiger partial charge in [0.1, 0.15) is 0 Å². The van der Waals surface area contributed by atoms with Crippen molar-refractivity contribution in [1.29, 1.82) is 0 Å². The molecule has 1 N–H and O–H groups in total. The first-order valence-corrected chi connectivity index (χ1v) is 11.7. The molecule has 24 heavy (non-hydrogen) atoms. The molecule has 136 valence electrons. The van der Waals surface area contributed by atoms with Crippen molar-refractivity contribution in [3.63, 3.8) is 0 Å². The Morgan fingerprint density at radius 1 is 1.08 bits per heavy atom. The Morgan fingerprint density at radius 2 is 1.75 bits per heavy atom. The molecule has 2 bridgehead atoms. The van der Waals surface area contributed by atoms with Gasteiger partial charge in [0.05, 0.1) is 0 Å². The number of Topliss-reactive ketones (excluding diaryl/α,β-unsaturated/α-hetero) is 1. The van der Waals surface area contributed by atoms with Crippen LogP contribution in [0.4, 0.5) is 0 Å². The van der Waals surface area contributed by atoms with Crippen LogP contribution < -0.4 is 5.32 Å². The molecule has 3 aliphatic carbocycles. The van der Waals surface area contributed by atoms with E-state index in [0.29, 0.717) is 37.5 Å². The van der Waals surface area contributed by atoms with Gasteiger partial charge >= 0.3 is 153 Å². The third kappa shape index (κ3) is 2.98. The van der Waals surface area contributed by atoms with Crippen molar-refractivity contribution in [3.05, 3.63) is 0 Å². The van der Waals surface area contributed by atoms with Gasteiger partial charge in [-0.3, -0.25) is 0 Å². The number of hydrogen-bond acceptors (Lipinski definition) is 2. The Morgan fingerprint density at radius 3 is 2.33 bits per heavy atom. The maximum atomic E-state index is 13.2. The fourth-order valence-electron chi connectivity index (χ4n) is 5.39. The Bertz CT molecular complexity index is 518. The van der Waals surface area contributed by atoms with Crippen molar-refractivity contribution >= 4 is 26.6 Å². The number of carbonyl (C=O) groups excluding carboxylic acids is 2. The van der Waals surface area contributed by atoms with Gasteiger partial charge in [-0.1, -0.05) is 0 Å². The number of amides is 1. The van der Waals surface area contributed by atoms with Crippen LogP contribution in [0, 0.1) is 16.7 Å². The SMILES string of the molecule is CC(=O)NC1CCCCCCC1[Se][C@@H]1C(=O)[C@]2(C)CC[C@H]1C2(C)C. The fourth-order valence-corrected chi connectivity index (χ4v) is 9.84. The average Bonchev–Trinajstić information content (AvgIpc) is 2.79. The van der Waals surface area contributed by atoms with E-state index >= 15 is 0 Å². The summed E-state index contributed by atoms with van der Waals surface area (Å²) in [4.78, 5) is 25.7. The van der Waals surface area contributed by atoms with E-state index in [4.69, 9.17) is 0 Å². The maximum absolute atomic E-state index is 13.2. The number of rotatable bonds is 3. The van der Waals surface area contributed by atoms with Gasteiger partial charge in [0.15, 0.2) is 0 Å².